The summed E-state index contributed by atoms with van der Waals surface area (Å²) in [6.45, 7) is 22.1. The summed E-state index contributed by atoms with van der Waals surface area (Å²) in [6.07, 6.45) is 1.24. The Labute approximate surface area is 149 Å². The molecule has 0 spiro atoms. The van der Waals surface area contributed by atoms with Crippen molar-refractivity contribution in [1.82, 2.24) is 0 Å². The van der Waals surface area contributed by atoms with Gasteiger partial charge < -0.3 is 18.6 Å². The molecule has 0 aromatic heterocycles. The highest BCUT2D eigenvalue weighted by Crippen LogP contribution is 2.44. The van der Waals surface area contributed by atoms with Crippen LogP contribution in [-0.2, 0) is 18.6 Å². The fourth-order valence-electron chi connectivity index (χ4n) is 3.72. The van der Waals surface area contributed by atoms with Gasteiger partial charge in [0.05, 0.1) is 6.10 Å². The van der Waals surface area contributed by atoms with Crippen LogP contribution in [-0.4, -0.2) is 38.7 Å². The minimum absolute atomic E-state index is 0.0454. The van der Waals surface area contributed by atoms with Crippen molar-refractivity contribution in [2.24, 2.45) is 11.8 Å². The average Bonchev–Trinajstić information content (AvgIpc) is 2.81. The van der Waals surface area contributed by atoms with E-state index in [0.717, 1.165) is 6.42 Å². The van der Waals surface area contributed by atoms with Crippen LogP contribution in [0.5, 0.6) is 0 Å². The van der Waals surface area contributed by atoms with E-state index in [4.69, 9.17) is 18.6 Å². The van der Waals surface area contributed by atoms with Crippen LogP contribution in [0.3, 0.4) is 0 Å². The van der Waals surface area contributed by atoms with Crippen LogP contribution in [0, 0.1) is 11.8 Å². The number of ether oxygens (including phenoxy) is 3. The number of fused-ring (bicyclic) bond motifs is 1. The lowest BCUT2D eigenvalue weighted by Gasteiger charge is -2.39. The zero-order valence-electron chi connectivity index (χ0n) is 17.3. The molecule has 2 aliphatic rings. The summed E-state index contributed by atoms with van der Waals surface area (Å²) in [4.78, 5) is 0. The highest BCUT2D eigenvalue weighted by Gasteiger charge is 2.54. The van der Waals surface area contributed by atoms with Gasteiger partial charge in [-0.1, -0.05) is 34.6 Å². The van der Waals surface area contributed by atoms with Crippen molar-refractivity contribution in [3.8, 4) is 0 Å². The SMILES string of the molecule is CC(C[C@H](C)[C@H]1O[C@@H]2OC(C)(C)O[C@@H]2[C@@H]1C)O[Si](C)(C)C(C)(C)C. The van der Waals surface area contributed by atoms with Crippen LogP contribution in [0.15, 0.2) is 0 Å². The second kappa shape index (κ2) is 6.65. The van der Waals surface area contributed by atoms with Gasteiger partial charge in [-0.15, -0.1) is 0 Å². The molecule has 0 aliphatic carbocycles. The van der Waals surface area contributed by atoms with Crippen molar-refractivity contribution in [1.29, 1.82) is 0 Å². The highest BCUT2D eigenvalue weighted by molar-refractivity contribution is 6.74. The predicted octanol–water partition coefficient (Wildman–Crippen LogP) is 4.94. The summed E-state index contributed by atoms with van der Waals surface area (Å²) >= 11 is 0. The molecule has 1 unspecified atom stereocenters. The third kappa shape index (κ3) is 4.23. The van der Waals surface area contributed by atoms with Gasteiger partial charge in [0.2, 0.25) is 0 Å². The van der Waals surface area contributed by atoms with Crippen LogP contribution in [0.2, 0.25) is 18.1 Å². The molecule has 4 nitrogen and oxygen atoms in total. The smallest absolute Gasteiger partial charge is 0.192 e. The Bertz CT molecular complexity index is 443. The maximum Gasteiger partial charge on any atom is 0.192 e. The van der Waals surface area contributed by atoms with Gasteiger partial charge in [-0.3, -0.25) is 0 Å². The van der Waals surface area contributed by atoms with E-state index in [1.54, 1.807) is 0 Å². The van der Waals surface area contributed by atoms with Crippen LogP contribution < -0.4 is 0 Å². The van der Waals surface area contributed by atoms with Gasteiger partial charge in [0.15, 0.2) is 20.4 Å². The molecular formula is C19H38O4Si. The first-order valence-electron chi connectivity index (χ1n) is 9.42. The summed E-state index contributed by atoms with van der Waals surface area (Å²) in [5, 5.41) is 0.242. The summed E-state index contributed by atoms with van der Waals surface area (Å²) in [7, 11) is -1.72. The van der Waals surface area contributed by atoms with Crippen LogP contribution in [0.1, 0.15) is 61.8 Å². The lowest BCUT2D eigenvalue weighted by Crippen LogP contribution is -2.44. The molecule has 2 rings (SSSR count). The monoisotopic (exact) mass is 358 g/mol. The maximum atomic E-state index is 6.52. The van der Waals surface area contributed by atoms with Crippen molar-refractivity contribution in [2.75, 3.05) is 0 Å². The number of hydrogen-bond donors (Lipinski definition) is 0. The fraction of sp³-hybridized carbons (Fsp3) is 1.00. The molecule has 0 radical (unpaired) electrons. The predicted molar refractivity (Wildman–Crippen MR) is 99.4 cm³/mol. The van der Waals surface area contributed by atoms with Gasteiger partial charge in [0.25, 0.3) is 0 Å². The van der Waals surface area contributed by atoms with Crippen LogP contribution in [0.25, 0.3) is 0 Å². The molecule has 0 bridgehead atoms. The van der Waals surface area contributed by atoms with E-state index >= 15 is 0 Å². The molecule has 0 aromatic rings. The van der Waals surface area contributed by atoms with E-state index in [9.17, 15) is 0 Å². The minimum Gasteiger partial charge on any atom is -0.414 e. The van der Waals surface area contributed by atoms with Gasteiger partial charge in [0.1, 0.15) is 6.10 Å². The Kier molecular flexibility index (Phi) is 5.65. The molecule has 2 heterocycles. The van der Waals surface area contributed by atoms with Crippen LogP contribution in [0.4, 0.5) is 0 Å². The summed E-state index contributed by atoms with van der Waals surface area (Å²) in [5.41, 5.74) is 0. The second-order valence-corrected chi connectivity index (χ2v) is 14.6. The summed E-state index contributed by atoms with van der Waals surface area (Å²) in [6, 6.07) is 0. The average molecular weight is 359 g/mol. The van der Waals surface area contributed by atoms with Crippen molar-refractivity contribution in [3.05, 3.63) is 0 Å². The Morgan fingerprint density at radius 1 is 1.12 bits per heavy atom. The summed E-state index contributed by atoms with van der Waals surface area (Å²) in [5.74, 6) is 0.226. The summed E-state index contributed by atoms with van der Waals surface area (Å²) < 4.78 is 24.6. The van der Waals surface area contributed by atoms with Gasteiger partial charge in [-0.2, -0.15) is 0 Å². The first kappa shape index (κ1) is 20.4. The topological polar surface area (TPSA) is 36.9 Å². The number of rotatable bonds is 5. The maximum absolute atomic E-state index is 6.52. The molecule has 2 aliphatic heterocycles. The molecule has 2 fully saturated rings. The zero-order valence-corrected chi connectivity index (χ0v) is 18.3. The number of hydrogen-bond acceptors (Lipinski definition) is 4. The third-order valence-corrected chi connectivity index (χ3v) is 10.6. The van der Waals surface area contributed by atoms with E-state index in [1.165, 1.54) is 0 Å². The molecule has 5 heteroatoms. The van der Waals surface area contributed by atoms with Crippen molar-refractivity contribution in [3.63, 3.8) is 0 Å². The molecular weight excluding hydrogens is 320 g/mol. The molecule has 0 saturated carbocycles. The lowest BCUT2D eigenvalue weighted by molar-refractivity contribution is -0.215. The Hall–Kier alpha value is 0.0569. The highest BCUT2D eigenvalue weighted by atomic mass is 28.4. The molecule has 2 saturated heterocycles. The van der Waals surface area contributed by atoms with Crippen molar-refractivity contribution in [2.45, 2.75) is 110 Å². The van der Waals surface area contributed by atoms with E-state index in [0.29, 0.717) is 11.8 Å². The van der Waals surface area contributed by atoms with E-state index in [1.807, 2.05) is 13.8 Å². The molecule has 0 aromatic carbocycles. The standard InChI is InChI=1S/C19H38O4Si/c1-12(11-13(2)23-24(9,10)18(4,5)6)15-14(3)16-17(20-15)22-19(7,8)21-16/h12-17H,11H2,1-10H3/t12-,13?,14+,15+,16+,17+/m0/s1. The largest absolute Gasteiger partial charge is 0.414 e. The lowest BCUT2D eigenvalue weighted by atomic mass is 9.88. The van der Waals surface area contributed by atoms with Gasteiger partial charge in [-0.25, -0.2) is 0 Å². The van der Waals surface area contributed by atoms with Gasteiger partial charge >= 0.3 is 0 Å². The molecule has 6 atom stereocenters. The molecule has 0 N–H and O–H groups in total. The zero-order chi connectivity index (χ0) is 18.5. The quantitative estimate of drug-likeness (QED) is 0.653. The van der Waals surface area contributed by atoms with Gasteiger partial charge in [0, 0.05) is 12.0 Å². The van der Waals surface area contributed by atoms with Crippen molar-refractivity contribution < 1.29 is 18.6 Å². The Morgan fingerprint density at radius 2 is 1.71 bits per heavy atom. The fourth-order valence-corrected chi connectivity index (χ4v) is 5.18. The Morgan fingerprint density at radius 3 is 2.21 bits per heavy atom. The first-order valence-corrected chi connectivity index (χ1v) is 12.3. The second-order valence-electron chi connectivity index (χ2n) is 9.83. The normalized spacial score (nSPS) is 35.8. The molecule has 24 heavy (non-hydrogen) atoms. The van der Waals surface area contributed by atoms with Crippen molar-refractivity contribution >= 4 is 8.32 Å². The van der Waals surface area contributed by atoms with E-state index < -0.39 is 14.1 Å². The molecule has 0 amide bonds. The van der Waals surface area contributed by atoms with Crippen LogP contribution >= 0.6 is 0 Å². The third-order valence-electron chi connectivity index (χ3n) is 5.98. The minimum atomic E-state index is -1.72. The van der Waals surface area contributed by atoms with E-state index in [-0.39, 0.29) is 29.6 Å². The first-order chi connectivity index (χ1) is 10.7. The van der Waals surface area contributed by atoms with E-state index in [2.05, 4.69) is 54.6 Å². The van der Waals surface area contributed by atoms with Gasteiger partial charge in [-0.05, 0) is 51.2 Å². The molecule has 142 valence electrons. The Balaban J connectivity index is 1.91.